The summed E-state index contributed by atoms with van der Waals surface area (Å²) in [5.74, 6) is -0.104. The van der Waals surface area contributed by atoms with Crippen LogP contribution in [0.25, 0.3) is 0 Å². The first-order valence-corrected chi connectivity index (χ1v) is 5.50. The topological polar surface area (TPSA) is 55.3 Å². The first kappa shape index (κ1) is 11.0. The molecule has 5 nitrogen and oxygen atoms in total. The molecule has 1 fully saturated rings. The Morgan fingerprint density at radius 2 is 2.38 bits per heavy atom. The molecule has 0 aliphatic carbocycles. The van der Waals surface area contributed by atoms with E-state index in [-0.39, 0.29) is 5.91 Å². The Bertz CT molecular complexity index is 400. The second-order valence-electron chi connectivity index (χ2n) is 3.79. The highest BCUT2D eigenvalue weighted by Crippen LogP contribution is 2.14. The van der Waals surface area contributed by atoms with Crippen molar-refractivity contribution in [3.05, 3.63) is 23.0 Å². The number of nitrogens with zero attached hydrogens (tertiary/aromatic N) is 3. The molecule has 2 rings (SSSR count). The van der Waals surface area contributed by atoms with Crippen molar-refractivity contribution in [1.29, 1.82) is 0 Å². The summed E-state index contributed by atoms with van der Waals surface area (Å²) in [6.07, 6.45) is 1.59. The number of aromatic nitrogens is 2. The normalized spacial score (nSPS) is 15.5. The maximum Gasteiger partial charge on any atom is 0.279 e. The van der Waals surface area contributed by atoms with Gasteiger partial charge in [0.15, 0.2) is 0 Å². The Balaban J connectivity index is 2.30. The summed E-state index contributed by atoms with van der Waals surface area (Å²) in [5, 5.41) is 9.41. The number of rotatable bonds is 2. The third-order valence-electron chi connectivity index (χ3n) is 2.54. The van der Waals surface area contributed by atoms with Crippen molar-refractivity contribution in [2.24, 2.45) is 0 Å². The van der Waals surface area contributed by atoms with Crippen molar-refractivity contribution < 1.29 is 9.63 Å². The fourth-order valence-electron chi connectivity index (χ4n) is 1.70. The maximum absolute atomic E-state index is 12.1. The smallest absolute Gasteiger partial charge is 0.271 e. The lowest BCUT2D eigenvalue weighted by Gasteiger charge is -2.15. The SMILES string of the molecule is CCc1nnc(C)cc1C(=O)N1CCCO1. The van der Waals surface area contributed by atoms with Gasteiger partial charge in [0.25, 0.3) is 5.91 Å². The van der Waals surface area contributed by atoms with Crippen LogP contribution in [0.2, 0.25) is 0 Å². The standard InChI is InChI=1S/C11H15N3O2/c1-3-10-9(7-8(2)12-13-10)11(15)14-5-4-6-16-14/h7H,3-6H2,1-2H3. The number of carbonyl (C=O) groups is 1. The maximum atomic E-state index is 12.1. The summed E-state index contributed by atoms with van der Waals surface area (Å²) < 4.78 is 0. The molecule has 0 bridgehead atoms. The average Bonchev–Trinajstić information content (AvgIpc) is 2.81. The second kappa shape index (κ2) is 4.57. The number of hydrogen-bond acceptors (Lipinski definition) is 4. The number of hydroxylamine groups is 2. The number of amides is 1. The number of aryl methyl sites for hydroxylation is 2. The van der Waals surface area contributed by atoms with Gasteiger partial charge in [0.2, 0.25) is 0 Å². The minimum atomic E-state index is -0.104. The molecule has 5 heteroatoms. The molecular weight excluding hydrogens is 206 g/mol. The van der Waals surface area contributed by atoms with E-state index in [0.29, 0.717) is 25.1 Å². The Kier molecular flexibility index (Phi) is 3.14. The van der Waals surface area contributed by atoms with Gasteiger partial charge in [-0.25, -0.2) is 5.06 Å². The minimum Gasteiger partial charge on any atom is -0.271 e. The molecule has 86 valence electrons. The van der Waals surface area contributed by atoms with Crippen LogP contribution in [0.3, 0.4) is 0 Å². The van der Waals surface area contributed by atoms with E-state index in [1.165, 1.54) is 5.06 Å². The van der Waals surface area contributed by atoms with Gasteiger partial charge in [0.05, 0.1) is 30.1 Å². The third-order valence-corrected chi connectivity index (χ3v) is 2.54. The van der Waals surface area contributed by atoms with Crippen LogP contribution in [0.1, 0.15) is 35.1 Å². The molecule has 0 unspecified atom stereocenters. The Labute approximate surface area is 94.4 Å². The summed E-state index contributed by atoms with van der Waals surface area (Å²) in [6, 6.07) is 1.77. The molecule has 16 heavy (non-hydrogen) atoms. The molecule has 1 aromatic rings. The van der Waals surface area contributed by atoms with Crippen molar-refractivity contribution in [3.8, 4) is 0 Å². The van der Waals surface area contributed by atoms with E-state index in [1.54, 1.807) is 6.07 Å². The first-order chi connectivity index (χ1) is 7.72. The van der Waals surface area contributed by atoms with Gasteiger partial charge in [-0.05, 0) is 25.8 Å². The van der Waals surface area contributed by atoms with Crippen LogP contribution < -0.4 is 0 Å². The largest absolute Gasteiger partial charge is 0.279 e. The van der Waals surface area contributed by atoms with Crippen molar-refractivity contribution in [2.45, 2.75) is 26.7 Å². The summed E-state index contributed by atoms with van der Waals surface area (Å²) in [4.78, 5) is 17.4. The lowest BCUT2D eigenvalue weighted by atomic mass is 10.1. The zero-order valence-electron chi connectivity index (χ0n) is 9.56. The van der Waals surface area contributed by atoms with Crippen molar-refractivity contribution in [1.82, 2.24) is 15.3 Å². The highest BCUT2D eigenvalue weighted by Gasteiger charge is 2.23. The predicted octanol–water partition coefficient (Wildman–Crippen LogP) is 1.12. The molecule has 1 amide bonds. The van der Waals surface area contributed by atoms with E-state index in [1.807, 2.05) is 13.8 Å². The van der Waals surface area contributed by atoms with Crippen LogP contribution >= 0.6 is 0 Å². The summed E-state index contributed by atoms with van der Waals surface area (Å²) in [5.41, 5.74) is 2.09. The minimum absolute atomic E-state index is 0.104. The molecule has 1 aromatic heterocycles. The fourth-order valence-corrected chi connectivity index (χ4v) is 1.70. The highest BCUT2D eigenvalue weighted by molar-refractivity contribution is 5.94. The zero-order valence-corrected chi connectivity index (χ0v) is 9.56. The molecule has 0 N–H and O–H groups in total. The monoisotopic (exact) mass is 221 g/mol. The summed E-state index contributed by atoms with van der Waals surface area (Å²) in [6.45, 7) is 5.06. The van der Waals surface area contributed by atoms with Gasteiger partial charge in [-0.1, -0.05) is 6.92 Å². The molecule has 0 atom stereocenters. The van der Waals surface area contributed by atoms with Gasteiger partial charge in [0.1, 0.15) is 0 Å². The Morgan fingerprint density at radius 3 is 3.00 bits per heavy atom. The van der Waals surface area contributed by atoms with Crippen molar-refractivity contribution in [3.63, 3.8) is 0 Å². The van der Waals surface area contributed by atoms with E-state index in [9.17, 15) is 4.79 Å². The second-order valence-corrected chi connectivity index (χ2v) is 3.79. The van der Waals surface area contributed by atoms with E-state index in [0.717, 1.165) is 17.8 Å². The fraction of sp³-hybridized carbons (Fsp3) is 0.545. The van der Waals surface area contributed by atoms with E-state index in [4.69, 9.17) is 4.84 Å². The predicted molar refractivity (Wildman–Crippen MR) is 57.8 cm³/mol. The van der Waals surface area contributed by atoms with E-state index in [2.05, 4.69) is 10.2 Å². The van der Waals surface area contributed by atoms with Crippen molar-refractivity contribution >= 4 is 5.91 Å². The number of carbonyl (C=O) groups excluding carboxylic acids is 1. The number of hydrogen-bond donors (Lipinski definition) is 0. The lowest BCUT2D eigenvalue weighted by molar-refractivity contribution is -0.0769. The van der Waals surface area contributed by atoms with Crippen molar-refractivity contribution in [2.75, 3.05) is 13.2 Å². The van der Waals surface area contributed by atoms with Gasteiger partial charge in [-0.2, -0.15) is 10.2 Å². The molecule has 0 spiro atoms. The van der Waals surface area contributed by atoms with Gasteiger partial charge >= 0.3 is 0 Å². The Hall–Kier alpha value is -1.49. The van der Waals surface area contributed by atoms with Crippen LogP contribution in [-0.2, 0) is 11.3 Å². The Morgan fingerprint density at radius 1 is 1.56 bits per heavy atom. The first-order valence-electron chi connectivity index (χ1n) is 5.50. The van der Waals surface area contributed by atoms with Crippen LogP contribution in [-0.4, -0.2) is 34.3 Å². The molecule has 1 aliphatic heterocycles. The molecule has 1 aliphatic rings. The van der Waals surface area contributed by atoms with Crippen LogP contribution in [0.4, 0.5) is 0 Å². The van der Waals surface area contributed by atoms with Gasteiger partial charge in [-0.3, -0.25) is 9.63 Å². The summed E-state index contributed by atoms with van der Waals surface area (Å²) in [7, 11) is 0. The van der Waals surface area contributed by atoms with Gasteiger partial charge in [-0.15, -0.1) is 0 Å². The average molecular weight is 221 g/mol. The van der Waals surface area contributed by atoms with Gasteiger partial charge < -0.3 is 0 Å². The zero-order chi connectivity index (χ0) is 11.5. The molecule has 0 radical (unpaired) electrons. The molecule has 0 aromatic carbocycles. The van der Waals surface area contributed by atoms with E-state index >= 15 is 0 Å². The summed E-state index contributed by atoms with van der Waals surface area (Å²) >= 11 is 0. The van der Waals surface area contributed by atoms with Crippen LogP contribution in [0.15, 0.2) is 6.07 Å². The van der Waals surface area contributed by atoms with Gasteiger partial charge in [0, 0.05) is 0 Å². The van der Waals surface area contributed by atoms with E-state index < -0.39 is 0 Å². The molecular formula is C11H15N3O2. The highest BCUT2D eigenvalue weighted by atomic mass is 16.7. The molecule has 2 heterocycles. The third kappa shape index (κ3) is 2.04. The quantitative estimate of drug-likeness (QED) is 0.751. The van der Waals surface area contributed by atoms with Crippen LogP contribution in [0, 0.1) is 6.92 Å². The lowest BCUT2D eigenvalue weighted by Crippen LogP contribution is -2.28. The molecule has 0 saturated carbocycles. The van der Waals surface area contributed by atoms with Crippen LogP contribution in [0.5, 0.6) is 0 Å². The molecule has 1 saturated heterocycles.